The zero-order valence-electron chi connectivity index (χ0n) is 18.6. The molecular weight excluding hydrogens is 479 g/mol. The maximum Gasteiger partial charge on any atom is 0.416 e. The molecule has 1 saturated heterocycles. The number of nitrogens with zero attached hydrogens (tertiary/aromatic N) is 3. The summed E-state index contributed by atoms with van der Waals surface area (Å²) in [5.41, 5.74) is 0.524. The molecule has 2 heterocycles. The number of hydrogen-bond acceptors (Lipinski definition) is 5. The van der Waals surface area contributed by atoms with Gasteiger partial charge in [0.25, 0.3) is 5.91 Å². The molecule has 2 fully saturated rings. The highest BCUT2D eigenvalue weighted by molar-refractivity contribution is 8.19. The first-order chi connectivity index (χ1) is 16.4. The molecule has 0 spiro atoms. The maximum absolute atomic E-state index is 13.8. The predicted octanol–water partition coefficient (Wildman–Crippen LogP) is 7.40. The average molecular weight is 504 g/mol. The van der Waals surface area contributed by atoms with E-state index in [4.69, 9.17) is 0 Å². The van der Waals surface area contributed by atoms with E-state index >= 15 is 0 Å². The molecule has 2 aliphatic heterocycles. The number of fused-ring (bicyclic) bond motifs is 1. The minimum atomic E-state index is -4.45. The van der Waals surface area contributed by atoms with Gasteiger partial charge in [-0.1, -0.05) is 49.2 Å². The third-order valence-electron chi connectivity index (χ3n) is 6.27. The number of benzene rings is 2. The highest BCUT2D eigenvalue weighted by atomic mass is 32.2. The molecule has 3 aliphatic rings. The number of anilines is 1. The van der Waals surface area contributed by atoms with Crippen LogP contribution in [0.4, 0.5) is 24.5 Å². The monoisotopic (exact) mass is 503 g/mol. The fraction of sp³-hybridized carbons (Fsp3) is 0.360. The Bertz CT molecular complexity index is 1170. The Morgan fingerprint density at radius 3 is 2.53 bits per heavy atom. The molecule has 4 nitrogen and oxygen atoms in total. The topological polar surface area (TPSA) is 35.9 Å². The SMILES string of the molecule is CCN1C(=C2SC(=Nc3cccc(C(F)(F)F)c3)N(C3CCCCC3)C2=O)Sc2ccccc21. The van der Waals surface area contributed by atoms with Gasteiger partial charge in [-0.2, -0.15) is 13.2 Å². The fourth-order valence-corrected chi connectivity index (χ4v) is 7.09. The Kier molecular flexibility index (Phi) is 6.41. The molecule has 0 aromatic heterocycles. The van der Waals surface area contributed by atoms with E-state index in [9.17, 15) is 18.0 Å². The molecule has 0 atom stereocenters. The molecule has 5 rings (SSSR count). The first kappa shape index (κ1) is 23.4. The van der Waals surface area contributed by atoms with Gasteiger partial charge in [0, 0.05) is 17.5 Å². The summed E-state index contributed by atoms with van der Waals surface area (Å²) < 4.78 is 39.8. The number of halogens is 3. The number of amides is 1. The minimum Gasteiger partial charge on any atom is -0.334 e. The summed E-state index contributed by atoms with van der Waals surface area (Å²) in [7, 11) is 0. The zero-order chi connectivity index (χ0) is 23.9. The Morgan fingerprint density at radius 2 is 1.79 bits per heavy atom. The van der Waals surface area contributed by atoms with E-state index in [0.717, 1.165) is 59.8 Å². The van der Waals surface area contributed by atoms with E-state index in [0.29, 0.717) is 16.6 Å². The summed E-state index contributed by atoms with van der Waals surface area (Å²) in [6, 6.07) is 13.0. The van der Waals surface area contributed by atoms with Crippen molar-refractivity contribution in [3.05, 3.63) is 64.0 Å². The second-order valence-electron chi connectivity index (χ2n) is 8.46. The van der Waals surface area contributed by atoms with Crippen LogP contribution >= 0.6 is 23.5 Å². The van der Waals surface area contributed by atoms with Gasteiger partial charge in [0.1, 0.15) is 9.93 Å². The predicted molar refractivity (Wildman–Crippen MR) is 132 cm³/mol. The average Bonchev–Trinajstić information content (AvgIpc) is 3.36. The Balaban J connectivity index is 1.57. The van der Waals surface area contributed by atoms with Gasteiger partial charge in [0.2, 0.25) is 0 Å². The van der Waals surface area contributed by atoms with Crippen molar-refractivity contribution in [1.82, 2.24) is 4.90 Å². The smallest absolute Gasteiger partial charge is 0.334 e. The molecule has 2 aromatic rings. The van der Waals surface area contributed by atoms with E-state index < -0.39 is 11.7 Å². The maximum atomic E-state index is 13.8. The molecule has 178 valence electrons. The van der Waals surface area contributed by atoms with Crippen LogP contribution in [-0.4, -0.2) is 28.6 Å². The van der Waals surface area contributed by atoms with Crippen molar-refractivity contribution in [1.29, 1.82) is 0 Å². The molecule has 9 heteroatoms. The lowest BCUT2D eigenvalue weighted by atomic mass is 9.94. The molecule has 0 bridgehead atoms. The van der Waals surface area contributed by atoms with Gasteiger partial charge in [-0.3, -0.25) is 9.69 Å². The molecule has 34 heavy (non-hydrogen) atoms. The summed E-state index contributed by atoms with van der Waals surface area (Å²) in [5.74, 6) is -0.101. The van der Waals surface area contributed by atoms with E-state index in [2.05, 4.69) is 9.89 Å². The van der Waals surface area contributed by atoms with Crippen LogP contribution in [0.15, 0.2) is 68.4 Å². The molecular formula is C25H24F3N3OS2. The number of hydrogen-bond donors (Lipinski definition) is 0. The van der Waals surface area contributed by atoms with Crippen molar-refractivity contribution in [3.8, 4) is 0 Å². The van der Waals surface area contributed by atoms with Crippen molar-refractivity contribution in [2.24, 2.45) is 4.99 Å². The van der Waals surface area contributed by atoms with Gasteiger partial charge in [-0.05, 0) is 61.9 Å². The van der Waals surface area contributed by atoms with E-state index in [1.807, 2.05) is 31.2 Å². The lowest BCUT2D eigenvalue weighted by molar-refractivity contribution is -0.137. The molecule has 1 saturated carbocycles. The number of alkyl halides is 3. The second-order valence-corrected chi connectivity index (χ2v) is 10.5. The highest BCUT2D eigenvalue weighted by Crippen LogP contribution is 2.51. The fourth-order valence-electron chi connectivity index (χ4n) is 4.63. The number of amidine groups is 1. The standard InChI is InChI=1S/C25H24F3N3OS2/c1-2-30-19-13-6-7-14-20(19)33-23(30)21-22(32)31(18-11-4-3-5-12-18)24(34-21)29-17-10-8-9-16(15-17)25(26,27)28/h6-10,13-15,18H,2-5,11-12H2,1H3. The van der Waals surface area contributed by atoms with Crippen LogP contribution in [-0.2, 0) is 11.0 Å². The molecule has 1 aliphatic carbocycles. The number of thioether (sulfide) groups is 2. The quantitative estimate of drug-likeness (QED) is 0.409. The van der Waals surface area contributed by atoms with Gasteiger partial charge in [-0.15, -0.1) is 0 Å². The summed E-state index contributed by atoms with van der Waals surface area (Å²) in [4.78, 5) is 23.9. The van der Waals surface area contributed by atoms with Gasteiger partial charge >= 0.3 is 6.18 Å². The van der Waals surface area contributed by atoms with Gasteiger partial charge < -0.3 is 4.90 Å². The van der Waals surface area contributed by atoms with E-state index in [1.165, 1.54) is 17.8 Å². The van der Waals surface area contributed by atoms with Crippen molar-refractivity contribution in [3.63, 3.8) is 0 Å². The molecule has 2 aromatic carbocycles. The molecule has 0 N–H and O–H groups in total. The first-order valence-corrected chi connectivity index (χ1v) is 13.1. The number of carbonyl (C=O) groups excluding carboxylic acids is 1. The highest BCUT2D eigenvalue weighted by Gasteiger charge is 2.43. The van der Waals surface area contributed by atoms with Crippen molar-refractivity contribution < 1.29 is 18.0 Å². The van der Waals surface area contributed by atoms with Crippen LogP contribution < -0.4 is 4.90 Å². The molecule has 0 unspecified atom stereocenters. The van der Waals surface area contributed by atoms with Crippen LogP contribution in [0.2, 0.25) is 0 Å². The van der Waals surface area contributed by atoms with Gasteiger partial charge in [0.05, 0.1) is 16.9 Å². The van der Waals surface area contributed by atoms with Crippen LogP contribution in [0.5, 0.6) is 0 Å². The molecule has 0 radical (unpaired) electrons. The van der Waals surface area contributed by atoms with E-state index in [-0.39, 0.29) is 17.6 Å². The summed E-state index contributed by atoms with van der Waals surface area (Å²) in [5, 5.41) is 1.33. The Morgan fingerprint density at radius 1 is 1.03 bits per heavy atom. The second kappa shape index (κ2) is 9.34. The number of rotatable bonds is 3. The Hall–Kier alpha value is -2.39. The largest absolute Gasteiger partial charge is 0.416 e. The van der Waals surface area contributed by atoms with Crippen LogP contribution in [0.3, 0.4) is 0 Å². The summed E-state index contributed by atoms with van der Waals surface area (Å²) in [6.07, 6.45) is 0.502. The first-order valence-electron chi connectivity index (χ1n) is 11.4. The lowest BCUT2D eigenvalue weighted by Gasteiger charge is -2.30. The van der Waals surface area contributed by atoms with Crippen molar-refractivity contribution in [2.45, 2.75) is 56.1 Å². The van der Waals surface area contributed by atoms with Gasteiger partial charge in [-0.25, -0.2) is 4.99 Å². The zero-order valence-corrected chi connectivity index (χ0v) is 20.3. The molecule has 1 amide bonds. The van der Waals surface area contributed by atoms with E-state index in [1.54, 1.807) is 22.7 Å². The normalized spacial score (nSPS) is 22.7. The third-order valence-corrected chi connectivity index (χ3v) is 8.62. The number of para-hydroxylation sites is 1. The Labute approximate surface area is 205 Å². The van der Waals surface area contributed by atoms with Crippen LogP contribution in [0.1, 0.15) is 44.6 Å². The van der Waals surface area contributed by atoms with Crippen LogP contribution in [0.25, 0.3) is 0 Å². The third kappa shape index (κ3) is 4.35. The van der Waals surface area contributed by atoms with Gasteiger partial charge in [0.15, 0.2) is 5.17 Å². The van der Waals surface area contributed by atoms with Crippen molar-refractivity contribution in [2.75, 3.05) is 11.4 Å². The summed E-state index contributed by atoms with van der Waals surface area (Å²) in [6.45, 7) is 2.75. The number of aliphatic imine (C=N–C) groups is 1. The minimum absolute atomic E-state index is 0.0141. The lowest BCUT2D eigenvalue weighted by Crippen LogP contribution is -2.40. The van der Waals surface area contributed by atoms with Crippen molar-refractivity contribution >= 4 is 46.0 Å². The van der Waals surface area contributed by atoms with Crippen LogP contribution in [0, 0.1) is 0 Å². The number of carbonyl (C=O) groups is 1. The summed E-state index contributed by atoms with van der Waals surface area (Å²) >= 11 is 2.84.